The van der Waals surface area contributed by atoms with Crippen LogP contribution >= 0.6 is 0 Å². The third-order valence-corrected chi connectivity index (χ3v) is 2.31. The van der Waals surface area contributed by atoms with Crippen LogP contribution in [0.25, 0.3) is 6.08 Å². The van der Waals surface area contributed by atoms with Gasteiger partial charge in [0, 0.05) is 12.1 Å². The summed E-state index contributed by atoms with van der Waals surface area (Å²) in [5.41, 5.74) is 7.12. The van der Waals surface area contributed by atoms with E-state index in [2.05, 4.69) is 20.8 Å². The quantitative estimate of drug-likeness (QED) is 0.779. The molecule has 0 saturated heterocycles. The van der Waals surface area contributed by atoms with Crippen LogP contribution in [0, 0.1) is 0 Å². The molecule has 0 aliphatic heterocycles. The lowest BCUT2D eigenvalue weighted by Gasteiger charge is -2.21. The molecule has 3 N–H and O–H groups in total. The standard InChI is InChI=1S/C13H19NO/c1-13(2,3)11-8-4-6-10(12(11)15)7-5-9-14/h4-8,15H,9,14H2,1-3H3. The minimum atomic E-state index is -0.0450. The zero-order valence-electron chi connectivity index (χ0n) is 9.62. The Kier molecular flexibility index (Phi) is 3.53. The van der Waals surface area contributed by atoms with Gasteiger partial charge in [-0.05, 0) is 11.0 Å². The largest absolute Gasteiger partial charge is 0.507 e. The predicted octanol–water partition coefficient (Wildman–Crippen LogP) is 2.66. The lowest BCUT2D eigenvalue weighted by atomic mass is 9.85. The third-order valence-electron chi connectivity index (χ3n) is 2.31. The van der Waals surface area contributed by atoms with Crippen molar-refractivity contribution >= 4 is 6.08 Å². The second kappa shape index (κ2) is 4.49. The Morgan fingerprint density at radius 3 is 2.53 bits per heavy atom. The summed E-state index contributed by atoms with van der Waals surface area (Å²) in [6, 6.07) is 5.79. The van der Waals surface area contributed by atoms with Gasteiger partial charge in [-0.15, -0.1) is 0 Å². The van der Waals surface area contributed by atoms with E-state index in [0.717, 1.165) is 11.1 Å². The molecule has 1 aromatic carbocycles. The Morgan fingerprint density at radius 2 is 2.00 bits per heavy atom. The van der Waals surface area contributed by atoms with Crippen LogP contribution in [0.3, 0.4) is 0 Å². The SMILES string of the molecule is CC(C)(C)c1cccc(C=CCN)c1O. The van der Waals surface area contributed by atoms with Crippen molar-refractivity contribution in [1.82, 2.24) is 0 Å². The number of hydrogen-bond donors (Lipinski definition) is 2. The smallest absolute Gasteiger partial charge is 0.126 e. The van der Waals surface area contributed by atoms with Gasteiger partial charge in [0.1, 0.15) is 5.75 Å². The molecule has 15 heavy (non-hydrogen) atoms. The van der Waals surface area contributed by atoms with Crippen molar-refractivity contribution < 1.29 is 5.11 Å². The highest BCUT2D eigenvalue weighted by Crippen LogP contribution is 2.33. The van der Waals surface area contributed by atoms with Gasteiger partial charge in [0.2, 0.25) is 0 Å². The van der Waals surface area contributed by atoms with Crippen molar-refractivity contribution in [2.75, 3.05) is 6.54 Å². The van der Waals surface area contributed by atoms with Gasteiger partial charge in [-0.1, -0.05) is 51.1 Å². The van der Waals surface area contributed by atoms with Gasteiger partial charge < -0.3 is 10.8 Å². The number of rotatable bonds is 2. The third kappa shape index (κ3) is 2.83. The number of aromatic hydroxyl groups is 1. The van der Waals surface area contributed by atoms with Gasteiger partial charge in [-0.3, -0.25) is 0 Å². The zero-order valence-corrected chi connectivity index (χ0v) is 9.62. The molecule has 0 saturated carbocycles. The van der Waals surface area contributed by atoms with E-state index < -0.39 is 0 Å². The molecule has 0 atom stereocenters. The van der Waals surface area contributed by atoms with Crippen molar-refractivity contribution in [3.8, 4) is 5.75 Å². The highest BCUT2D eigenvalue weighted by molar-refractivity contribution is 5.60. The van der Waals surface area contributed by atoms with E-state index in [0.29, 0.717) is 12.3 Å². The second-order valence-corrected chi connectivity index (χ2v) is 4.63. The summed E-state index contributed by atoms with van der Waals surface area (Å²) >= 11 is 0. The molecule has 0 fully saturated rings. The molecule has 0 radical (unpaired) electrons. The minimum absolute atomic E-state index is 0.0450. The average molecular weight is 205 g/mol. The van der Waals surface area contributed by atoms with Crippen molar-refractivity contribution in [2.24, 2.45) is 5.73 Å². The summed E-state index contributed by atoms with van der Waals surface area (Å²) in [5.74, 6) is 0.356. The number of nitrogens with two attached hydrogens (primary N) is 1. The van der Waals surface area contributed by atoms with E-state index in [1.807, 2.05) is 30.4 Å². The maximum absolute atomic E-state index is 10.1. The predicted molar refractivity (Wildman–Crippen MR) is 64.9 cm³/mol. The van der Waals surface area contributed by atoms with Crippen LogP contribution < -0.4 is 5.73 Å². The molecule has 0 unspecified atom stereocenters. The van der Waals surface area contributed by atoms with Crippen LogP contribution in [-0.4, -0.2) is 11.7 Å². The van der Waals surface area contributed by atoms with Crippen LogP contribution in [-0.2, 0) is 5.41 Å². The van der Waals surface area contributed by atoms with Crippen LogP contribution in [0.1, 0.15) is 31.9 Å². The van der Waals surface area contributed by atoms with Gasteiger partial charge in [0.25, 0.3) is 0 Å². The molecule has 0 amide bonds. The Morgan fingerprint density at radius 1 is 1.33 bits per heavy atom. The van der Waals surface area contributed by atoms with E-state index in [1.54, 1.807) is 0 Å². The number of para-hydroxylation sites is 1. The summed E-state index contributed by atoms with van der Waals surface area (Å²) in [4.78, 5) is 0. The molecule has 82 valence electrons. The first-order valence-corrected chi connectivity index (χ1v) is 5.16. The number of benzene rings is 1. The highest BCUT2D eigenvalue weighted by Gasteiger charge is 2.18. The van der Waals surface area contributed by atoms with Gasteiger partial charge >= 0.3 is 0 Å². The molecule has 0 heterocycles. The first-order valence-electron chi connectivity index (χ1n) is 5.16. The molecule has 0 aliphatic carbocycles. The number of phenols is 1. The molecule has 1 rings (SSSR count). The van der Waals surface area contributed by atoms with Gasteiger partial charge in [0.05, 0.1) is 0 Å². The van der Waals surface area contributed by atoms with Gasteiger partial charge in [-0.25, -0.2) is 0 Å². The number of hydrogen-bond acceptors (Lipinski definition) is 2. The van der Waals surface area contributed by atoms with Gasteiger partial charge in [0.15, 0.2) is 0 Å². The van der Waals surface area contributed by atoms with Crippen LogP contribution in [0.15, 0.2) is 24.3 Å². The van der Waals surface area contributed by atoms with Gasteiger partial charge in [-0.2, -0.15) is 0 Å². The Balaban J connectivity index is 3.17. The molecule has 0 spiro atoms. The monoisotopic (exact) mass is 205 g/mol. The van der Waals surface area contributed by atoms with E-state index in [4.69, 9.17) is 5.73 Å². The normalized spacial score (nSPS) is 12.3. The average Bonchev–Trinajstić information content (AvgIpc) is 2.14. The fourth-order valence-electron chi connectivity index (χ4n) is 1.50. The molecular weight excluding hydrogens is 186 g/mol. The maximum atomic E-state index is 10.1. The lowest BCUT2D eigenvalue weighted by molar-refractivity contribution is 0.445. The Labute approximate surface area is 91.4 Å². The Hall–Kier alpha value is -1.28. The van der Waals surface area contributed by atoms with E-state index in [1.165, 1.54) is 0 Å². The molecular formula is C13H19NO. The van der Waals surface area contributed by atoms with E-state index in [-0.39, 0.29) is 5.41 Å². The molecule has 2 heteroatoms. The molecule has 0 bridgehead atoms. The second-order valence-electron chi connectivity index (χ2n) is 4.63. The first kappa shape index (κ1) is 11.8. The fraction of sp³-hybridized carbons (Fsp3) is 0.385. The summed E-state index contributed by atoms with van der Waals surface area (Å²) < 4.78 is 0. The number of phenolic OH excluding ortho intramolecular Hbond substituents is 1. The summed E-state index contributed by atoms with van der Waals surface area (Å²) in [6.45, 7) is 6.73. The summed E-state index contributed by atoms with van der Waals surface area (Å²) in [5, 5.41) is 10.1. The molecule has 0 aliphatic rings. The van der Waals surface area contributed by atoms with Crippen molar-refractivity contribution in [3.05, 3.63) is 35.4 Å². The topological polar surface area (TPSA) is 46.2 Å². The first-order chi connectivity index (χ1) is 6.96. The maximum Gasteiger partial charge on any atom is 0.126 e. The molecule has 1 aromatic rings. The fourth-order valence-corrected chi connectivity index (χ4v) is 1.50. The van der Waals surface area contributed by atoms with Crippen LogP contribution in [0.2, 0.25) is 0 Å². The van der Waals surface area contributed by atoms with E-state index >= 15 is 0 Å². The zero-order chi connectivity index (χ0) is 11.5. The lowest BCUT2D eigenvalue weighted by Crippen LogP contribution is -2.11. The van der Waals surface area contributed by atoms with Crippen molar-refractivity contribution in [1.29, 1.82) is 0 Å². The van der Waals surface area contributed by atoms with E-state index in [9.17, 15) is 5.11 Å². The highest BCUT2D eigenvalue weighted by atomic mass is 16.3. The summed E-state index contributed by atoms with van der Waals surface area (Å²) in [6.07, 6.45) is 3.69. The van der Waals surface area contributed by atoms with Crippen LogP contribution in [0.5, 0.6) is 5.75 Å². The minimum Gasteiger partial charge on any atom is -0.507 e. The van der Waals surface area contributed by atoms with Crippen molar-refractivity contribution in [3.63, 3.8) is 0 Å². The molecule has 2 nitrogen and oxygen atoms in total. The van der Waals surface area contributed by atoms with Crippen LogP contribution in [0.4, 0.5) is 0 Å². The Bertz CT molecular complexity index is 361. The summed E-state index contributed by atoms with van der Waals surface area (Å²) in [7, 11) is 0. The van der Waals surface area contributed by atoms with Crippen molar-refractivity contribution in [2.45, 2.75) is 26.2 Å². The molecule has 0 aromatic heterocycles.